The van der Waals surface area contributed by atoms with Gasteiger partial charge in [0, 0.05) is 10.0 Å². The Morgan fingerprint density at radius 1 is 1.35 bits per heavy atom. The predicted octanol–water partition coefficient (Wildman–Crippen LogP) is 5.50. The summed E-state index contributed by atoms with van der Waals surface area (Å²) in [6.45, 7) is 4.23. The first-order chi connectivity index (χ1) is 9.38. The molecule has 0 aliphatic rings. The zero-order chi connectivity index (χ0) is 14.9. The van der Waals surface area contributed by atoms with Gasteiger partial charge in [0.15, 0.2) is 5.82 Å². The van der Waals surface area contributed by atoms with Gasteiger partial charge in [-0.15, -0.1) is 0 Å². The third kappa shape index (κ3) is 3.68. The summed E-state index contributed by atoms with van der Waals surface area (Å²) in [7, 11) is 0. The monoisotopic (exact) mass is 468 g/mol. The lowest BCUT2D eigenvalue weighted by molar-refractivity contribution is 0.626. The maximum atomic E-state index is 13.4. The Kier molecular flexibility index (Phi) is 5.36. The second-order valence-electron chi connectivity index (χ2n) is 4.82. The number of hydrogen-bond acceptors (Lipinski definition) is 2. The van der Waals surface area contributed by atoms with Crippen LogP contribution in [0.25, 0.3) is 11.4 Å². The predicted molar refractivity (Wildman–Crippen MR) is 91.4 cm³/mol. The van der Waals surface area contributed by atoms with E-state index in [-0.39, 0.29) is 5.82 Å². The van der Waals surface area contributed by atoms with Gasteiger partial charge in [0.2, 0.25) is 0 Å². The van der Waals surface area contributed by atoms with Gasteiger partial charge in [-0.3, -0.25) is 0 Å². The molecule has 2 nitrogen and oxygen atoms in total. The second kappa shape index (κ2) is 6.66. The second-order valence-corrected chi connectivity index (χ2v) is 7.11. The van der Waals surface area contributed by atoms with Gasteiger partial charge >= 0.3 is 0 Å². The summed E-state index contributed by atoms with van der Waals surface area (Å²) in [5.74, 6) is 0.572. The van der Waals surface area contributed by atoms with E-state index >= 15 is 0 Å². The first-order valence-corrected chi connectivity index (χ1v) is 8.30. The summed E-state index contributed by atoms with van der Waals surface area (Å²) in [6, 6.07) is 4.43. The summed E-state index contributed by atoms with van der Waals surface area (Å²) in [6.07, 6.45) is 0.806. The van der Waals surface area contributed by atoms with Gasteiger partial charge in [-0.1, -0.05) is 41.4 Å². The van der Waals surface area contributed by atoms with Gasteiger partial charge in [0.05, 0.1) is 9.26 Å². The fourth-order valence-corrected chi connectivity index (χ4v) is 2.85. The molecule has 0 atom stereocenters. The SMILES string of the molecule is CC(C)Cc1nc(-c2cc(F)ccc2Br)nc(Cl)c1I. The Hall–Kier alpha value is -0.270. The molecule has 1 aromatic heterocycles. The summed E-state index contributed by atoms with van der Waals surface area (Å²) >= 11 is 11.7. The highest BCUT2D eigenvalue weighted by molar-refractivity contribution is 14.1. The Labute approximate surface area is 144 Å². The van der Waals surface area contributed by atoms with Crippen molar-refractivity contribution in [2.45, 2.75) is 20.3 Å². The van der Waals surface area contributed by atoms with Gasteiger partial charge in [0.25, 0.3) is 0 Å². The van der Waals surface area contributed by atoms with Gasteiger partial charge in [-0.05, 0) is 53.1 Å². The lowest BCUT2D eigenvalue weighted by Gasteiger charge is -2.11. The van der Waals surface area contributed by atoms with E-state index in [1.54, 1.807) is 6.07 Å². The molecule has 0 fully saturated rings. The van der Waals surface area contributed by atoms with Crippen molar-refractivity contribution in [3.8, 4) is 11.4 Å². The van der Waals surface area contributed by atoms with Crippen LogP contribution in [0.4, 0.5) is 4.39 Å². The number of hydrogen-bond donors (Lipinski definition) is 0. The molecule has 6 heteroatoms. The van der Waals surface area contributed by atoms with Crippen LogP contribution in [0.15, 0.2) is 22.7 Å². The maximum absolute atomic E-state index is 13.4. The van der Waals surface area contributed by atoms with Crippen molar-refractivity contribution in [1.29, 1.82) is 0 Å². The first kappa shape index (κ1) is 16.1. The summed E-state index contributed by atoms with van der Waals surface area (Å²) in [4.78, 5) is 8.81. The standard InChI is InChI=1S/C14H12BrClFIN2/c1-7(2)5-11-12(18)13(16)20-14(19-11)9-6-8(17)3-4-10(9)15/h3-4,6-7H,5H2,1-2H3. The molecule has 1 heterocycles. The molecule has 0 unspecified atom stereocenters. The molecule has 1 aromatic carbocycles. The minimum Gasteiger partial charge on any atom is -0.232 e. The van der Waals surface area contributed by atoms with Crippen LogP contribution in [-0.2, 0) is 6.42 Å². The third-order valence-corrected chi connectivity index (χ3v) is 5.07. The molecule has 0 aliphatic heterocycles. The average Bonchev–Trinajstić information content (AvgIpc) is 2.37. The smallest absolute Gasteiger partial charge is 0.162 e. The van der Waals surface area contributed by atoms with E-state index in [1.807, 2.05) is 0 Å². The van der Waals surface area contributed by atoms with Crippen LogP contribution >= 0.6 is 50.1 Å². The molecule has 2 aromatic rings. The Morgan fingerprint density at radius 2 is 2.05 bits per heavy atom. The fraction of sp³-hybridized carbons (Fsp3) is 0.286. The molecule has 0 bridgehead atoms. The van der Waals surface area contributed by atoms with E-state index in [4.69, 9.17) is 11.6 Å². The van der Waals surface area contributed by atoms with Crippen molar-refractivity contribution < 1.29 is 4.39 Å². The van der Waals surface area contributed by atoms with Crippen LogP contribution in [0, 0.1) is 15.3 Å². The molecule has 106 valence electrons. The van der Waals surface area contributed by atoms with Gasteiger partial charge in [0.1, 0.15) is 11.0 Å². The van der Waals surface area contributed by atoms with E-state index in [9.17, 15) is 4.39 Å². The Bertz CT molecular complexity index is 649. The maximum Gasteiger partial charge on any atom is 0.162 e. The summed E-state index contributed by atoms with van der Waals surface area (Å²) in [5, 5.41) is 0.405. The zero-order valence-corrected chi connectivity index (χ0v) is 15.4. The first-order valence-electron chi connectivity index (χ1n) is 6.05. The van der Waals surface area contributed by atoms with Crippen LogP contribution < -0.4 is 0 Å². The quantitative estimate of drug-likeness (QED) is 0.438. The van der Waals surface area contributed by atoms with E-state index in [0.717, 1.165) is 20.2 Å². The summed E-state index contributed by atoms with van der Waals surface area (Å²) < 4.78 is 15.0. The van der Waals surface area contributed by atoms with Crippen molar-refractivity contribution in [2.24, 2.45) is 5.92 Å². The fourth-order valence-electron chi connectivity index (χ4n) is 1.77. The molecule has 0 saturated heterocycles. The van der Waals surface area contributed by atoms with Gasteiger partial charge < -0.3 is 0 Å². The lowest BCUT2D eigenvalue weighted by Crippen LogP contribution is -2.05. The van der Waals surface area contributed by atoms with Crippen LogP contribution in [0.2, 0.25) is 5.15 Å². The van der Waals surface area contributed by atoms with Crippen LogP contribution in [0.3, 0.4) is 0 Å². The van der Waals surface area contributed by atoms with Gasteiger partial charge in [-0.25, -0.2) is 14.4 Å². The molecule has 0 aliphatic carbocycles. The average molecular weight is 470 g/mol. The Morgan fingerprint density at radius 3 is 2.70 bits per heavy atom. The highest BCUT2D eigenvalue weighted by atomic mass is 127. The summed E-state index contributed by atoms with van der Waals surface area (Å²) in [5.41, 5.74) is 1.50. The molecule has 0 saturated carbocycles. The Balaban J connectivity index is 2.57. The van der Waals surface area contributed by atoms with Crippen LogP contribution in [0.1, 0.15) is 19.5 Å². The highest BCUT2D eigenvalue weighted by Gasteiger charge is 2.15. The number of nitrogens with zero attached hydrogens (tertiary/aromatic N) is 2. The van der Waals surface area contributed by atoms with Crippen LogP contribution in [-0.4, -0.2) is 9.97 Å². The lowest BCUT2D eigenvalue weighted by atomic mass is 10.1. The molecular formula is C14H12BrClFIN2. The van der Waals surface area contributed by atoms with E-state index in [1.165, 1.54) is 12.1 Å². The number of halogens is 4. The number of benzene rings is 1. The number of rotatable bonds is 3. The van der Waals surface area contributed by atoms with Crippen LogP contribution in [0.5, 0.6) is 0 Å². The molecule has 0 amide bonds. The van der Waals surface area contributed by atoms with Crippen molar-refractivity contribution in [3.05, 3.63) is 42.9 Å². The van der Waals surface area contributed by atoms with Crippen molar-refractivity contribution in [2.75, 3.05) is 0 Å². The third-order valence-electron chi connectivity index (χ3n) is 2.65. The van der Waals surface area contributed by atoms with Gasteiger partial charge in [-0.2, -0.15) is 0 Å². The van der Waals surface area contributed by atoms with Crippen molar-refractivity contribution in [3.63, 3.8) is 0 Å². The van der Waals surface area contributed by atoms with E-state index in [0.29, 0.717) is 22.5 Å². The minimum absolute atomic E-state index is 0.327. The van der Waals surface area contributed by atoms with Crippen molar-refractivity contribution >= 4 is 50.1 Å². The molecule has 0 radical (unpaired) electrons. The topological polar surface area (TPSA) is 25.8 Å². The van der Waals surface area contributed by atoms with E-state index in [2.05, 4.69) is 62.3 Å². The molecule has 20 heavy (non-hydrogen) atoms. The largest absolute Gasteiger partial charge is 0.232 e. The normalized spacial score (nSPS) is 11.2. The molecular weight excluding hydrogens is 457 g/mol. The van der Waals surface area contributed by atoms with Crippen molar-refractivity contribution in [1.82, 2.24) is 9.97 Å². The molecule has 0 spiro atoms. The number of aromatic nitrogens is 2. The zero-order valence-electron chi connectivity index (χ0n) is 10.9. The van der Waals surface area contributed by atoms with E-state index < -0.39 is 0 Å². The highest BCUT2D eigenvalue weighted by Crippen LogP contribution is 2.30. The minimum atomic E-state index is -0.327. The molecule has 0 N–H and O–H groups in total. The molecule has 2 rings (SSSR count).